The fraction of sp³-hybridized carbons (Fsp3) is 1.00. The molecule has 0 aliphatic carbocycles. The van der Waals surface area contributed by atoms with Crippen molar-refractivity contribution in [2.24, 2.45) is 0 Å². The van der Waals surface area contributed by atoms with E-state index >= 15 is 0 Å². The highest BCUT2D eigenvalue weighted by Crippen LogP contribution is 2.11. The predicted molar refractivity (Wildman–Crippen MR) is 75.5 cm³/mol. The quantitative estimate of drug-likeness (QED) is 0.363. The molecule has 0 bridgehead atoms. The third-order valence-corrected chi connectivity index (χ3v) is 3.38. The molecule has 0 radical (unpaired) electrons. The van der Waals surface area contributed by atoms with E-state index in [1.165, 1.54) is 69.3 Å². The van der Waals surface area contributed by atoms with Crippen molar-refractivity contribution in [1.29, 1.82) is 0 Å². The summed E-state index contributed by atoms with van der Waals surface area (Å²) in [5.74, 6) is 0. The molecule has 17 heavy (non-hydrogen) atoms. The minimum Gasteiger partial charge on any atom is -0.314 e. The molecule has 0 aliphatic heterocycles. The van der Waals surface area contributed by atoms with E-state index in [2.05, 4.69) is 6.92 Å². The minimum absolute atomic E-state index is 0.748. The number of hydroxylamine groups is 2. The van der Waals surface area contributed by atoms with Gasteiger partial charge in [0.25, 0.3) is 0 Å². The summed E-state index contributed by atoms with van der Waals surface area (Å²) in [6.07, 6.45) is 15.0. The molecule has 0 fully saturated rings. The van der Waals surface area contributed by atoms with Gasteiger partial charge in [-0.05, 0) is 6.42 Å². The van der Waals surface area contributed by atoms with Gasteiger partial charge in [-0.1, -0.05) is 78.1 Å². The number of unbranched alkanes of at least 4 members (excludes halogenated alkanes) is 10. The molecule has 0 unspecified atom stereocenters. The summed E-state index contributed by atoms with van der Waals surface area (Å²) in [5, 5.41) is 10.6. The van der Waals surface area contributed by atoms with E-state index in [0.29, 0.717) is 0 Å². The lowest BCUT2D eigenvalue weighted by Crippen LogP contribution is -2.19. The lowest BCUT2D eigenvalue weighted by Gasteiger charge is -2.10. The Balaban J connectivity index is 2.94. The molecule has 0 aliphatic rings. The Kier molecular flexibility index (Phi) is 13.9. The molecule has 0 aromatic carbocycles. The second-order valence-corrected chi connectivity index (χ2v) is 5.08. The molecule has 2 heteroatoms. The fourth-order valence-electron chi connectivity index (χ4n) is 2.12. The standard InChI is InChI=1S/C15H33NO/c1-3-5-6-7-8-9-10-11-12-13-14-15-16(17)4-2/h17H,3-15H2,1-2H3. The number of hydrogen-bond donors (Lipinski definition) is 1. The second kappa shape index (κ2) is 14.0. The minimum atomic E-state index is 0.748. The molecule has 0 amide bonds. The van der Waals surface area contributed by atoms with Gasteiger partial charge in [0.05, 0.1) is 0 Å². The number of hydrogen-bond acceptors (Lipinski definition) is 2. The summed E-state index contributed by atoms with van der Waals surface area (Å²) in [6.45, 7) is 5.84. The van der Waals surface area contributed by atoms with Gasteiger partial charge in [0, 0.05) is 13.1 Å². The van der Waals surface area contributed by atoms with Gasteiger partial charge in [-0.25, -0.2) is 0 Å². The number of nitrogens with zero attached hydrogens (tertiary/aromatic N) is 1. The van der Waals surface area contributed by atoms with Crippen LogP contribution in [-0.2, 0) is 0 Å². The van der Waals surface area contributed by atoms with Crippen LogP contribution in [0, 0.1) is 0 Å². The van der Waals surface area contributed by atoms with Crippen LogP contribution in [0.1, 0.15) is 84.5 Å². The third kappa shape index (κ3) is 13.9. The van der Waals surface area contributed by atoms with E-state index in [0.717, 1.165) is 19.5 Å². The Morgan fingerprint density at radius 2 is 1.06 bits per heavy atom. The Morgan fingerprint density at radius 1 is 0.647 bits per heavy atom. The van der Waals surface area contributed by atoms with Crippen molar-refractivity contribution in [3.05, 3.63) is 0 Å². The van der Waals surface area contributed by atoms with Gasteiger partial charge in [0.2, 0.25) is 0 Å². The lowest BCUT2D eigenvalue weighted by atomic mass is 10.1. The first kappa shape index (κ1) is 16.9. The van der Waals surface area contributed by atoms with E-state index in [-0.39, 0.29) is 0 Å². The van der Waals surface area contributed by atoms with Crippen LogP contribution < -0.4 is 0 Å². The van der Waals surface area contributed by atoms with Gasteiger partial charge >= 0.3 is 0 Å². The van der Waals surface area contributed by atoms with Crippen molar-refractivity contribution in [1.82, 2.24) is 5.06 Å². The monoisotopic (exact) mass is 243 g/mol. The highest BCUT2D eigenvalue weighted by atomic mass is 16.5. The van der Waals surface area contributed by atoms with Crippen LogP contribution in [0.4, 0.5) is 0 Å². The molecular formula is C15H33NO. The van der Waals surface area contributed by atoms with Crippen LogP contribution in [0.5, 0.6) is 0 Å². The predicted octanol–water partition coefficient (Wildman–Crippen LogP) is 5.01. The summed E-state index contributed by atoms with van der Waals surface area (Å²) in [4.78, 5) is 0. The maximum Gasteiger partial charge on any atom is 0.0238 e. The molecule has 0 spiro atoms. The van der Waals surface area contributed by atoms with Crippen LogP contribution in [0.15, 0.2) is 0 Å². The maximum atomic E-state index is 9.23. The smallest absolute Gasteiger partial charge is 0.0238 e. The number of rotatable bonds is 13. The van der Waals surface area contributed by atoms with Crippen LogP contribution in [0.25, 0.3) is 0 Å². The van der Waals surface area contributed by atoms with E-state index in [1.54, 1.807) is 0 Å². The maximum absolute atomic E-state index is 9.23. The molecule has 0 aromatic heterocycles. The summed E-state index contributed by atoms with van der Waals surface area (Å²) in [5.41, 5.74) is 0. The van der Waals surface area contributed by atoms with Crippen LogP contribution >= 0.6 is 0 Å². The van der Waals surface area contributed by atoms with Gasteiger partial charge in [0.15, 0.2) is 0 Å². The van der Waals surface area contributed by atoms with Gasteiger partial charge < -0.3 is 5.21 Å². The van der Waals surface area contributed by atoms with Crippen molar-refractivity contribution in [2.45, 2.75) is 84.5 Å². The molecule has 0 aromatic rings. The SMILES string of the molecule is CCCCCCCCCCCCCN(O)CC. The second-order valence-electron chi connectivity index (χ2n) is 5.08. The zero-order valence-electron chi connectivity index (χ0n) is 12.1. The Hall–Kier alpha value is -0.0800. The Morgan fingerprint density at radius 3 is 1.47 bits per heavy atom. The molecular weight excluding hydrogens is 210 g/mol. The first-order valence-electron chi connectivity index (χ1n) is 7.75. The average Bonchev–Trinajstić information content (AvgIpc) is 2.35. The summed E-state index contributed by atoms with van der Waals surface area (Å²) >= 11 is 0. The zero-order valence-corrected chi connectivity index (χ0v) is 12.1. The molecule has 0 saturated heterocycles. The third-order valence-electron chi connectivity index (χ3n) is 3.38. The van der Waals surface area contributed by atoms with E-state index in [1.807, 2.05) is 6.92 Å². The van der Waals surface area contributed by atoms with Crippen molar-refractivity contribution in [2.75, 3.05) is 13.1 Å². The molecule has 0 heterocycles. The molecule has 0 atom stereocenters. The fourth-order valence-corrected chi connectivity index (χ4v) is 2.12. The molecule has 0 saturated carbocycles. The van der Waals surface area contributed by atoms with Crippen LogP contribution in [0.2, 0.25) is 0 Å². The van der Waals surface area contributed by atoms with Crippen LogP contribution in [0.3, 0.4) is 0 Å². The largest absolute Gasteiger partial charge is 0.314 e. The lowest BCUT2D eigenvalue weighted by molar-refractivity contribution is -0.0869. The molecule has 2 nitrogen and oxygen atoms in total. The summed E-state index contributed by atoms with van der Waals surface area (Å²) < 4.78 is 0. The zero-order chi connectivity index (χ0) is 12.8. The molecule has 0 rings (SSSR count). The van der Waals surface area contributed by atoms with E-state index in [9.17, 15) is 5.21 Å². The van der Waals surface area contributed by atoms with Crippen molar-refractivity contribution in [3.63, 3.8) is 0 Å². The van der Waals surface area contributed by atoms with E-state index in [4.69, 9.17) is 0 Å². The van der Waals surface area contributed by atoms with Crippen molar-refractivity contribution >= 4 is 0 Å². The molecule has 104 valence electrons. The highest BCUT2D eigenvalue weighted by molar-refractivity contribution is 4.49. The normalized spacial score (nSPS) is 11.3. The molecule has 1 N–H and O–H groups in total. The van der Waals surface area contributed by atoms with Crippen LogP contribution in [-0.4, -0.2) is 23.4 Å². The highest BCUT2D eigenvalue weighted by Gasteiger charge is 1.96. The van der Waals surface area contributed by atoms with Gasteiger partial charge in [0.1, 0.15) is 0 Å². The van der Waals surface area contributed by atoms with Crippen molar-refractivity contribution < 1.29 is 5.21 Å². The van der Waals surface area contributed by atoms with Gasteiger partial charge in [-0.2, -0.15) is 5.06 Å². The van der Waals surface area contributed by atoms with Crippen molar-refractivity contribution in [3.8, 4) is 0 Å². The Bertz CT molecular complexity index is 139. The first-order valence-corrected chi connectivity index (χ1v) is 7.75. The topological polar surface area (TPSA) is 23.5 Å². The van der Waals surface area contributed by atoms with Gasteiger partial charge in [-0.3, -0.25) is 0 Å². The average molecular weight is 243 g/mol. The Labute approximate surface area is 108 Å². The first-order chi connectivity index (χ1) is 8.31. The van der Waals surface area contributed by atoms with Gasteiger partial charge in [-0.15, -0.1) is 0 Å². The summed E-state index contributed by atoms with van der Waals surface area (Å²) in [7, 11) is 0. The summed E-state index contributed by atoms with van der Waals surface area (Å²) in [6, 6.07) is 0. The van der Waals surface area contributed by atoms with E-state index < -0.39 is 0 Å².